The van der Waals surface area contributed by atoms with Crippen LogP contribution in [0.25, 0.3) is 28.1 Å². The number of fused-ring (bicyclic) bond motifs is 2. The van der Waals surface area contributed by atoms with E-state index in [1.54, 1.807) is 12.1 Å². The van der Waals surface area contributed by atoms with Crippen LogP contribution in [0.3, 0.4) is 0 Å². The Balaban J connectivity index is 1.55. The number of halogens is 3. The quantitative estimate of drug-likeness (QED) is 0.441. The van der Waals surface area contributed by atoms with E-state index >= 15 is 0 Å². The van der Waals surface area contributed by atoms with E-state index in [4.69, 9.17) is 9.84 Å². The molecule has 12 heteroatoms. The summed E-state index contributed by atoms with van der Waals surface area (Å²) < 4.78 is 49.5. The van der Waals surface area contributed by atoms with E-state index in [1.807, 2.05) is 18.2 Å². The topological polar surface area (TPSA) is 105 Å². The van der Waals surface area contributed by atoms with Crippen LogP contribution in [0.5, 0.6) is 5.75 Å². The molecule has 2 atom stereocenters. The van der Waals surface area contributed by atoms with Gasteiger partial charge >= 0.3 is 12.3 Å². The van der Waals surface area contributed by atoms with Gasteiger partial charge in [-0.1, -0.05) is 24.3 Å². The van der Waals surface area contributed by atoms with Crippen molar-refractivity contribution < 1.29 is 27.8 Å². The molecule has 9 nitrogen and oxygen atoms in total. The summed E-state index contributed by atoms with van der Waals surface area (Å²) in [5.41, 5.74) is 1.41. The van der Waals surface area contributed by atoms with Gasteiger partial charge in [0.2, 0.25) is 0 Å². The Morgan fingerprint density at radius 1 is 1.20 bits per heavy atom. The fourth-order valence-electron chi connectivity index (χ4n) is 4.57. The van der Waals surface area contributed by atoms with Gasteiger partial charge in [0.25, 0.3) is 0 Å². The number of benzene rings is 1. The highest BCUT2D eigenvalue weighted by atomic mass is 19.4. The summed E-state index contributed by atoms with van der Waals surface area (Å²) in [6, 6.07) is 9.44. The predicted molar refractivity (Wildman–Crippen MR) is 120 cm³/mol. The lowest BCUT2D eigenvalue weighted by Crippen LogP contribution is -2.40. The van der Waals surface area contributed by atoms with E-state index in [9.17, 15) is 18.0 Å². The first-order valence-electron chi connectivity index (χ1n) is 10.8. The van der Waals surface area contributed by atoms with Crippen molar-refractivity contribution >= 4 is 22.6 Å². The van der Waals surface area contributed by atoms with E-state index in [0.717, 1.165) is 5.39 Å². The molecule has 1 aliphatic heterocycles. The Morgan fingerprint density at radius 3 is 2.77 bits per heavy atom. The molecule has 2 N–H and O–H groups in total. The Hall–Kier alpha value is -3.93. The third kappa shape index (κ3) is 4.32. The Labute approximate surface area is 197 Å². The van der Waals surface area contributed by atoms with Gasteiger partial charge in [0.1, 0.15) is 23.0 Å². The molecule has 182 valence electrons. The Kier molecular flexibility index (Phi) is 5.67. The SMILES string of the molecule is COc1cccc2ccc(-c3nnc4ccc([C@@H](N5CC[C@H](NC(=O)O)C5)C(F)(F)F)cn34)nc12. The number of ether oxygens (including phenoxy) is 1. The van der Waals surface area contributed by atoms with Gasteiger partial charge in [0, 0.05) is 30.7 Å². The number of alkyl halides is 3. The first-order valence-corrected chi connectivity index (χ1v) is 10.8. The lowest BCUT2D eigenvalue weighted by atomic mass is 10.1. The number of aromatic nitrogens is 4. The van der Waals surface area contributed by atoms with Crippen LogP contribution in [0.1, 0.15) is 18.0 Å². The lowest BCUT2D eigenvalue weighted by Gasteiger charge is -2.30. The van der Waals surface area contributed by atoms with Crippen molar-refractivity contribution in [3.05, 3.63) is 54.2 Å². The molecule has 0 radical (unpaired) electrons. The van der Waals surface area contributed by atoms with Gasteiger partial charge < -0.3 is 15.2 Å². The zero-order valence-electron chi connectivity index (χ0n) is 18.5. The number of para-hydroxylation sites is 1. The molecular formula is C23H21F3N6O3. The number of hydrogen-bond acceptors (Lipinski definition) is 6. The standard InChI is InChI=1S/C23H21F3N6O3/c1-35-17-4-2-3-13-5-7-16(28-19(13)17)21-30-29-18-8-6-14(11-32(18)21)20(23(24,25)26)31-10-9-15(12-31)27-22(33)34/h2-8,11,15,20,27H,9-10,12H2,1H3,(H,33,34)/t15-,20+/m0/s1. The Morgan fingerprint density at radius 2 is 2.03 bits per heavy atom. The highest BCUT2D eigenvalue weighted by Crippen LogP contribution is 2.40. The maximum atomic E-state index is 14.2. The van der Waals surface area contributed by atoms with Gasteiger partial charge in [-0.15, -0.1) is 10.2 Å². The summed E-state index contributed by atoms with van der Waals surface area (Å²) in [6.07, 6.45) is -4.17. The van der Waals surface area contributed by atoms with E-state index < -0.39 is 24.4 Å². The molecule has 4 aromatic rings. The molecular weight excluding hydrogens is 465 g/mol. The molecule has 0 spiro atoms. The number of methoxy groups -OCH3 is 1. The van der Waals surface area contributed by atoms with Crippen molar-refractivity contribution in [1.82, 2.24) is 29.8 Å². The highest BCUT2D eigenvalue weighted by molar-refractivity contribution is 5.86. The zero-order chi connectivity index (χ0) is 24.7. The smallest absolute Gasteiger partial charge is 0.408 e. The van der Waals surface area contributed by atoms with Crippen molar-refractivity contribution in [3.8, 4) is 17.3 Å². The third-order valence-corrected chi connectivity index (χ3v) is 6.10. The van der Waals surface area contributed by atoms with E-state index in [2.05, 4.69) is 20.5 Å². The van der Waals surface area contributed by atoms with Gasteiger partial charge in [0.15, 0.2) is 11.5 Å². The maximum absolute atomic E-state index is 14.2. The van der Waals surface area contributed by atoms with Crippen molar-refractivity contribution in [3.63, 3.8) is 0 Å². The molecule has 0 unspecified atom stereocenters. The van der Waals surface area contributed by atoms with Crippen molar-refractivity contribution in [1.29, 1.82) is 0 Å². The van der Waals surface area contributed by atoms with E-state index in [0.29, 0.717) is 34.9 Å². The molecule has 0 bridgehead atoms. The molecule has 1 aliphatic rings. The number of amides is 1. The van der Waals surface area contributed by atoms with Gasteiger partial charge in [-0.2, -0.15) is 13.2 Å². The molecule has 1 amide bonds. The van der Waals surface area contributed by atoms with Crippen molar-refractivity contribution in [2.45, 2.75) is 24.7 Å². The second-order valence-electron chi connectivity index (χ2n) is 8.32. The molecule has 0 saturated carbocycles. The average Bonchev–Trinajstić information content (AvgIpc) is 3.44. The number of pyridine rings is 2. The first kappa shape index (κ1) is 22.8. The fraction of sp³-hybridized carbons (Fsp3) is 0.304. The van der Waals surface area contributed by atoms with Crippen LogP contribution in [0.2, 0.25) is 0 Å². The second kappa shape index (κ2) is 8.69. The van der Waals surface area contributed by atoms with Crippen molar-refractivity contribution in [2.24, 2.45) is 0 Å². The number of rotatable bonds is 5. The third-order valence-electron chi connectivity index (χ3n) is 6.10. The van der Waals surface area contributed by atoms with Gasteiger partial charge in [-0.3, -0.25) is 9.30 Å². The van der Waals surface area contributed by atoms with Crippen LogP contribution in [0.4, 0.5) is 18.0 Å². The molecule has 1 saturated heterocycles. The molecule has 1 fully saturated rings. The number of hydrogen-bond donors (Lipinski definition) is 2. The molecule has 1 aromatic carbocycles. The molecule has 4 heterocycles. The minimum atomic E-state index is -4.57. The maximum Gasteiger partial charge on any atom is 0.408 e. The van der Waals surface area contributed by atoms with Crippen LogP contribution in [-0.4, -0.2) is 68.1 Å². The van der Waals surface area contributed by atoms with Crippen LogP contribution in [0, 0.1) is 0 Å². The number of likely N-dealkylation sites (tertiary alicyclic amines) is 1. The summed E-state index contributed by atoms with van der Waals surface area (Å²) in [6.45, 7) is 0.0593. The summed E-state index contributed by atoms with van der Waals surface area (Å²) in [4.78, 5) is 16.8. The number of carbonyl (C=O) groups is 1. The summed E-state index contributed by atoms with van der Waals surface area (Å²) in [5.74, 6) is 0.858. The van der Waals surface area contributed by atoms with Crippen molar-refractivity contribution in [2.75, 3.05) is 20.2 Å². The van der Waals surface area contributed by atoms with Crippen LogP contribution in [0.15, 0.2) is 48.7 Å². The summed E-state index contributed by atoms with van der Waals surface area (Å²) in [5, 5.41) is 20.3. The van der Waals surface area contributed by atoms with Crippen LogP contribution in [-0.2, 0) is 0 Å². The minimum absolute atomic E-state index is 0.000365. The zero-order valence-corrected chi connectivity index (χ0v) is 18.5. The van der Waals surface area contributed by atoms with Gasteiger partial charge in [0.05, 0.1) is 7.11 Å². The molecule has 5 rings (SSSR count). The van der Waals surface area contributed by atoms with Gasteiger partial charge in [-0.25, -0.2) is 9.78 Å². The van der Waals surface area contributed by atoms with Crippen LogP contribution < -0.4 is 10.1 Å². The lowest BCUT2D eigenvalue weighted by molar-refractivity contribution is -0.184. The Bertz CT molecular complexity index is 1410. The summed E-state index contributed by atoms with van der Waals surface area (Å²) >= 11 is 0. The monoisotopic (exact) mass is 486 g/mol. The predicted octanol–water partition coefficient (Wildman–Crippen LogP) is 3.90. The van der Waals surface area contributed by atoms with Crippen LogP contribution >= 0.6 is 0 Å². The fourth-order valence-corrected chi connectivity index (χ4v) is 4.57. The molecule has 0 aliphatic carbocycles. The number of nitrogens with zero attached hydrogens (tertiary/aromatic N) is 5. The minimum Gasteiger partial charge on any atom is -0.494 e. The normalized spacial score (nSPS) is 17.7. The first-order chi connectivity index (χ1) is 16.7. The van der Waals surface area contributed by atoms with E-state index in [1.165, 1.54) is 34.7 Å². The molecule has 35 heavy (non-hydrogen) atoms. The van der Waals surface area contributed by atoms with Gasteiger partial charge in [-0.05, 0) is 30.2 Å². The second-order valence-corrected chi connectivity index (χ2v) is 8.32. The highest BCUT2D eigenvalue weighted by Gasteiger charge is 2.47. The number of carboxylic acid groups (broad SMARTS) is 1. The molecule has 3 aromatic heterocycles. The largest absolute Gasteiger partial charge is 0.494 e. The average molecular weight is 486 g/mol. The van der Waals surface area contributed by atoms with E-state index in [-0.39, 0.29) is 18.7 Å². The number of nitrogens with one attached hydrogen (secondary N) is 1. The summed E-state index contributed by atoms with van der Waals surface area (Å²) in [7, 11) is 1.54.